The van der Waals surface area contributed by atoms with E-state index in [0.717, 1.165) is 13.2 Å². The zero-order valence-electron chi connectivity index (χ0n) is 15.2. The van der Waals surface area contributed by atoms with Crippen molar-refractivity contribution in [2.45, 2.75) is 51.6 Å². The van der Waals surface area contributed by atoms with Crippen molar-refractivity contribution in [3.8, 4) is 0 Å². The van der Waals surface area contributed by atoms with E-state index >= 15 is 0 Å². The number of benzene rings is 1. The van der Waals surface area contributed by atoms with Crippen LogP contribution in [-0.2, 0) is 20.8 Å². The molecular formula is C22H28O3. The van der Waals surface area contributed by atoms with Crippen LogP contribution in [0.1, 0.15) is 38.7 Å². The third kappa shape index (κ3) is 2.22. The Morgan fingerprint density at radius 1 is 1.08 bits per heavy atom. The van der Waals surface area contributed by atoms with E-state index in [9.17, 15) is 0 Å². The first kappa shape index (κ1) is 16.0. The molecule has 1 aromatic rings. The average molecular weight is 340 g/mol. The van der Waals surface area contributed by atoms with Crippen LogP contribution in [0, 0.1) is 22.7 Å². The molecule has 25 heavy (non-hydrogen) atoms. The molecule has 2 saturated carbocycles. The molecule has 0 aromatic heterocycles. The Morgan fingerprint density at radius 2 is 1.84 bits per heavy atom. The van der Waals surface area contributed by atoms with Gasteiger partial charge in [-0.2, -0.15) is 0 Å². The van der Waals surface area contributed by atoms with Crippen molar-refractivity contribution in [3.63, 3.8) is 0 Å². The quantitative estimate of drug-likeness (QED) is 0.767. The maximum atomic E-state index is 6.48. The van der Waals surface area contributed by atoms with E-state index in [1.165, 1.54) is 24.8 Å². The van der Waals surface area contributed by atoms with Gasteiger partial charge in [0.15, 0.2) is 5.79 Å². The Hall–Kier alpha value is -1.16. The van der Waals surface area contributed by atoms with E-state index in [0.29, 0.717) is 18.4 Å². The van der Waals surface area contributed by atoms with Crippen LogP contribution in [-0.4, -0.2) is 25.1 Å². The molecule has 3 aliphatic carbocycles. The first-order chi connectivity index (χ1) is 12.1. The maximum absolute atomic E-state index is 6.48. The number of ether oxygens (including phenoxy) is 3. The first-order valence-corrected chi connectivity index (χ1v) is 9.69. The van der Waals surface area contributed by atoms with Crippen molar-refractivity contribution in [1.29, 1.82) is 0 Å². The summed E-state index contributed by atoms with van der Waals surface area (Å²) in [6.07, 6.45) is 8.50. The molecule has 1 heterocycles. The lowest BCUT2D eigenvalue weighted by Crippen LogP contribution is -2.43. The molecule has 4 atom stereocenters. The van der Waals surface area contributed by atoms with Gasteiger partial charge in [-0.25, -0.2) is 0 Å². The Morgan fingerprint density at radius 3 is 2.60 bits per heavy atom. The van der Waals surface area contributed by atoms with Gasteiger partial charge in [-0.15, -0.1) is 0 Å². The van der Waals surface area contributed by atoms with E-state index in [1.807, 2.05) is 6.07 Å². The summed E-state index contributed by atoms with van der Waals surface area (Å²) in [5.74, 6) is 0.529. The number of hydrogen-bond donors (Lipinski definition) is 0. The van der Waals surface area contributed by atoms with Gasteiger partial charge in [0, 0.05) is 10.8 Å². The topological polar surface area (TPSA) is 27.7 Å². The minimum absolute atomic E-state index is 0.0933. The summed E-state index contributed by atoms with van der Waals surface area (Å²) in [5.41, 5.74) is 1.48. The van der Waals surface area contributed by atoms with Crippen LogP contribution in [0.2, 0.25) is 0 Å². The maximum Gasteiger partial charge on any atom is 0.181 e. The fraction of sp³-hybridized carbons (Fsp3) is 0.636. The summed E-state index contributed by atoms with van der Waals surface area (Å²) < 4.78 is 19.3. The van der Waals surface area contributed by atoms with Crippen molar-refractivity contribution in [3.05, 3.63) is 48.0 Å². The molecule has 1 saturated heterocycles. The third-order valence-electron chi connectivity index (χ3n) is 6.80. The van der Waals surface area contributed by atoms with Crippen LogP contribution >= 0.6 is 0 Å². The molecule has 3 nitrogen and oxygen atoms in total. The van der Waals surface area contributed by atoms with Gasteiger partial charge in [0.1, 0.15) is 0 Å². The number of allylic oxidation sites excluding steroid dienone is 1. The van der Waals surface area contributed by atoms with Crippen molar-refractivity contribution < 1.29 is 14.2 Å². The fourth-order valence-corrected chi connectivity index (χ4v) is 5.59. The second-order valence-corrected chi connectivity index (χ2v) is 9.07. The molecule has 1 aromatic carbocycles. The fourth-order valence-electron chi connectivity index (χ4n) is 5.59. The van der Waals surface area contributed by atoms with Crippen LogP contribution in [0.25, 0.3) is 0 Å². The van der Waals surface area contributed by atoms with E-state index in [2.05, 4.69) is 50.3 Å². The molecule has 2 spiro atoms. The number of hydrogen-bond acceptors (Lipinski definition) is 3. The molecule has 3 heteroatoms. The van der Waals surface area contributed by atoms with Crippen molar-refractivity contribution in [2.24, 2.45) is 22.7 Å². The average Bonchev–Trinajstić information content (AvgIpc) is 2.95. The number of rotatable bonds is 3. The zero-order chi connectivity index (χ0) is 17.1. The van der Waals surface area contributed by atoms with Crippen molar-refractivity contribution in [1.82, 2.24) is 0 Å². The van der Waals surface area contributed by atoms with Gasteiger partial charge in [0.05, 0.1) is 31.8 Å². The Labute approximate surface area is 150 Å². The standard InChI is InChI=1S/C22H28O3/c1-20(2)14-24-22(25-15-20)19-18(23-13-16-7-4-3-5-8-16)11-10-17-9-6-12-21(17,19)22/h3-5,7-8,10-11,17-19H,6,9,12-15H2,1-2H3/t17-,18+,19-,21+/m1/s1. The van der Waals surface area contributed by atoms with Gasteiger partial charge in [-0.3, -0.25) is 0 Å². The summed E-state index contributed by atoms with van der Waals surface area (Å²) >= 11 is 0. The van der Waals surface area contributed by atoms with Gasteiger partial charge in [-0.05, 0) is 24.3 Å². The van der Waals surface area contributed by atoms with E-state index in [-0.39, 0.29) is 16.9 Å². The largest absolute Gasteiger partial charge is 0.369 e. The van der Waals surface area contributed by atoms with Gasteiger partial charge in [0.25, 0.3) is 0 Å². The summed E-state index contributed by atoms with van der Waals surface area (Å²) in [6.45, 7) is 6.65. The highest BCUT2D eigenvalue weighted by atomic mass is 16.7. The molecule has 0 unspecified atom stereocenters. The lowest BCUT2D eigenvalue weighted by atomic mass is 9.84. The SMILES string of the molecule is CC1(C)COC2(OC1)[C@@H]1[C@@H](OCc3ccccc3)C=C[C@H]3CCC[C@]312. The molecule has 4 aliphatic rings. The predicted octanol–water partition coefficient (Wildman–Crippen LogP) is 4.33. The minimum Gasteiger partial charge on any atom is -0.369 e. The van der Waals surface area contributed by atoms with Crippen LogP contribution in [0.4, 0.5) is 0 Å². The molecule has 0 radical (unpaired) electrons. The highest BCUT2D eigenvalue weighted by molar-refractivity contribution is 5.34. The molecular weight excluding hydrogens is 312 g/mol. The molecule has 1 aliphatic heterocycles. The smallest absolute Gasteiger partial charge is 0.181 e. The predicted molar refractivity (Wildman–Crippen MR) is 95.8 cm³/mol. The van der Waals surface area contributed by atoms with Crippen LogP contribution in [0.5, 0.6) is 0 Å². The molecule has 134 valence electrons. The highest BCUT2D eigenvalue weighted by Gasteiger charge is 2.85. The van der Waals surface area contributed by atoms with Gasteiger partial charge >= 0.3 is 0 Å². The van der Waals surface area contributed by atoms with Gasteiger partial charge in [0.2, 0.25) is 0 Å². The monoisotopic (exact) mass is 340 g/mol. The first-order valence-electron chi connectivity index (χ1n) is 9.69. The van der Waals surface area contributed by atoms with Gasteiger partial charge < -0.3 is 14.2 Å². The second-order valence-electron chi connectivity index (χ2n) is 9.07. The van der Waals surface area contributed by atoms with E-state index in [1.54, 1.807) is 0 Å². The Balaban J connectivity index is 1.39. The minimum atomic E-state index is -0.408. The molecule has 3 fully saturated rings. The van der Waals surface area contributed by atoms with Crippen LogP contribution in [0.3, 0.4) is 0 Å². The second kappa shape index (κ2) is 5.42. The molecule has 0 bridgehead atoms. The molecule has 0 N–H and O–H groups in total. The normalized spacial score (nSPS) is 39.8. The zero-order valence-corrected chi connectivity index (χ0v) is 15.2. The summed E-state index contributed by atoms with van der Waals surface area (Å²) in [5, 5.41) is 0. The summed E-state index contributed by atoms with van der Waals surface area (Å²) in [6, 6.07) is 10.4. The van der Waals surface area contributed by atoms with Crippen LogP contribution < -0.4 is 0 Å². The summed E-state index contributed by atoms with van der Waals surface area (Å²) in [4.78, 5) is 0. The molecule has 5 rings (SSSR count). The highest BCUT2D eigenvalue weighted by Crippen LogP contribution is 2.78. The van der Waals surface area contributed by atoms with E-state index < -0.39 is 5.79 Å². The lowest BCUT2D eigenvalue weighted by molar-refractivity contribution is -0.269. The Bertz CT molecular complexity index is 670. The van der Waals surface area contributed by atoms with Crippen molar-refractivity contribution in [2.75, 3.05) is 13.2 Å². The van der Waals surface area contributed by atoms with Gasteiger partial charge in [-0.1, -0.05) is 62.8 Å². The Kier molecular flexibility index (Phi) is 3.48. The molecule has 0 amide bonds. The lowest BCUT2D eigenvalue weighted by Gasteiger charge is -2.38. The van der Waals surface area contributed by atoms with E-state index in [4.69, 9.17) is 14.2 Å². The number of fused-ring (bicyclic) bond motifs is 1. The summed E-state index contributed by atoms with van der Waals surface area (Å²) in [7, 11) is 0. The third-order valence-corrected chi connectivity index (χ3v) is 6.80. The van der Waals surface area contributed by atoms with Crippen molar-refractivity contribution >= 4 is 0 Å². The van der Waals surface area contributed by atoms with Crippen LogP contribution in [0.15, 0.2) is 42.5 Å².